The highest BCUT2D eigenvalue weighted by Crippen LogP contribution is 2.25. The van der Waals surface area contributed by atoms with Crippen LogP contribution in [0.3, 0.4) is 0 Å². The molecule has 0 spiro atoms. The number of rotatable bonds is 5. The zero-order chi connectivity index (χ0) is 12.1. The van der Waals surface area contributed by atoms with Crippen molar-refractivity contribution in [1.29, 1.82) is 0 Å². The van der Waals surface area contributed by atoms with E-state index in [1.54, 1.807) is 0 Å². The zero-order valence-corrected chi connectivity index (χ0v) is 10.8. The van der Waals surface area contributed by atoms with Crippen molar-refractivity contribution < 1.29 is 4.52 Å². The Balaban J connectivity index is 1.85. The van der Waals surface area contributed by atoms with Gasteiger partial charge in [-0.3, -0.25) is 0 Å². The quantitative estimate of drug-likeness (QED) is 0.777. The molecule has 0 amide bonds. The van der Waals surface area contributed by atoms with E-state index in [4.69, 9.17) is 4.52 Å². The summed E-state index contributed by atoms with van der Waals surface area (Å²) in [6.07, 6.45) is 4.23. The second kappa shape index (κ2) is 6.12. The van der Waals surface area contributed by atoms with Crippen molar-refractivity contribution in [2.75, 3.05) is 33.7 Å². The first-order chi connectivity index (χ1) is 8.29. The van der Waals surface area contributed by atoms with E-state index in [1.807, 2.05) is 7.05 Å². The second-order valence-electron chi connectivity index (χ2n) is 4.83. The maximum atomic E-state index is 5.37. The normalized spacial score (nSPS) is 18.7. The van der Waals surface area contributed by atoms with Crippen molar-refractivity contribution in [3.8, 4) is 0 Å². The Bertz CT molecular complexity index is 331. The Hall–Kier alpha value is -0.940. The lowest BCUT2D eigenvalue weighted by molar-refractivity contribution is 0.227. The van der Waals surface area contributed by atoms with Gasteiger partial charge in [-0.15, -0.1) is 0 Å². The average Bonchev–Trinajstić information content (AvgIpc) is 2.79. The molecule has 5 nitrogen and oxygen atoms in total. The van der Waals surface area contributed by atoms with Gasteiger partial charge in [0, 0.05) is 12.3 Å². The topological polar surface area (TPSA) is 54.2 Å². The van der Waals surface area contributed by atoms with Gasteiger partial charge in [-0.2, -0.15) is 4.98 Å². The van der Waals surface area contributed by atoms with E-state index in [0.29, 0.717) is 5.92 Å². The van der Waals surface area contributed by atoms with E-state index in [1.165, 1.54) is 0 Å². The Morgan fingerprint density at radius 3 is 2.88 bits per heavy atom. The molecule has 17 heavy (non-hydrogen) atoms. The van der Waals surface area contributed by atoms with Crippen LogP contribution in [0.15, 0.2) is 4.52 Å². The highest BCUT2D eigenvalue weighted by atomic mass is 16.5. The first-order valence-electron chi connectivity index (χ1n) is 6.45. The maximum Gasteiger partial charge on any atom is 0.229 e. The molecule has 0 unspecified atom stereocenters. The molecule has 0 saturated carbocycles. The number of aryl methyl sites for hydroxylation is 1. The van der Waals surface area contributed by atoms with Crippen LogP contribution in [0.2, 0.25) is 0 Å². The van der Waals surface area contributed by atoms with Crippen LogP contribution in [0.5, 0.6) is 0 Å². The van der Waals surface area contributed by atoms with E-state index in [9.17, 15) is 0 Å². The van der Waals surface area contributed by atoms with E-state index in [2.05, 4.69) is 27.4 Å². The maximum absolute atomic E-state index is 5.37. The van der Waals surface area contributed by atoms with Crippen LogP contribution in [0, 0.1) is 0 Å². The molecule has 0 bridgehead atoms. The predicted octanol–water partition coefficient (Wildman–Crippen LogP) is 1.03. The van der Waals surface area contributed by atoms with Gasteiger partial charge in [-0.05, 0) is 53.0 Å². The fourth-order valence-electron chi connectivity index (χ4n) is 2.21. The molecule has 0 aromatic carbocycles. The van der Waals surface area contributed by atoms with Crippen LogP contribution in [-0.4, -0.2) is 48.8 Å². The average molecular weight is 238 g/mol. The van der Waals surface area contributed by atoms with Gasteiger partial charge >= 0.3 is 0 Å². The minimum atomic E-state index is 0.469. The number of nitrogens with one attached hydrogen (secondary N) is 1. The molecule has 1 aromatic heterocycles. The summed E-state index contributed by atoms with van der Waals surface area (Å²) in [5.74, 6) is 2.17. The SMILES string of the molecule is CNCCCc1noc(C2CCN(C)CC2)n1. The summed E-state index contributed by atoms with van der Waals surface area (Å²) in [6, 6.07) is 0. The molecule has 2 heterocycles. The Labute approximate surface area is 103 Å². The second-order valence-corrected chi connectivity index (χ2v) is 4.83. The van der Waals surface area contributed by atoms with E-state index < -0.39 is 0 Å². The fraction of sp³-hybridized carbons (Fsp3) is 0.833. The fourth-order valence-corrected chi connectivity index (χ4v) is 2.21. The third-order valence-corrected chi connectivity index (χ3v) is 3.38. The largest absolute Gasteiger partial charge is 0.339 e. The molecule has 5 heteroatoms. The van der Waals surface area contributed by atoms with Crippen LogP contribution in [0.1, 0.15) is 36.9 Å². The molecule has 1 aromatic rings. The van der Waals surface area contributed by atoms with Gasteiger partial charge in [0.05, 0.1) is 0 Å². The minimum Gasteiger partial charge on any atom is -0.339 e. The van der Waals surface area contributed by atoms with Gasteiger partial charge in [0.25, 0.3) is 0 Å². The number of nitrogens with zero attached hydrogens (tertiary/aromatic N) is 3. The first-order valence-corrected chi connectivity index (χ1v) is 6.45. The van der Waals surface area contributed by atoms with Crippen LogP contribution in [0.4, 0.5) is 0 Å². The first kappa shape index (κ1) is 12.5. The van der Waals surface area contributed by atoms with Crippen LogP contribution < -0.4 is 5.32 Å². The van der Waals surface area contributed by atoms with Crippen molar-refractivity contribution in [2.45, 2.75) is 31.6 Å². The van der Waals surface area contributed by atoms with Crippen molar-refractivity contribution in [1.82, 2.24) is 20.4 Å². The van der Waals surface area contributed by atoms with Crippen LogP contribution in [-0.2, 0) is 6.42 Å². The standard InChI is InChI=1S/C12H22N4O/c1-13-7-3-4-11-14-12(17-15-11)10-5-8-16(2)9-6-10/h10,13H,3-9H2,1-2H3. The number of aromatic nitrogens is 2. The minimum absolute atomic E-state index is 0.469. The van der Waals surface area contributed by atoms with Gasteiger partial charge in [0.1, 0.15) is 0 Å². The molecule has 1 fully saturated rings. The van der Waals surface area contributed by atoms with Crippen LogP contribution in [0.25, 0.3) is 0 Å². The van der Waals surface area contributed by atoms with Gasteiger partial charge < -0.3 is 14.7 Å². The summed E-state index contributed by atoms with van der Waals surface area (Å²) < 4.78 is 5.37. The molecule has 0 atom stereocenters. The monoisotopic (exact) mass is 238 g/mol. The molecular weight excluding hydrogens is 216 g/mol. The third-order valence-electron chi connectivity index (χ3n) is 3.38. The number of piperidine rings is 1. The number of hydrogen-bond acceptors (Lipinski definition) is 5. The third kappa shape index (κ3) is 3.51. The van der Waals surface area contributed by atoms with Crippen molar-refractivity contribution >= 4 is 0 Å². The molecular formula is C12H22N4O. The van der Waals surface area contributed by atoms with Gasteiger partial charge in [0.2, 0.25) is 5.89 Å². The van der Waals surface area contributed by atoms with E-state index in [-0.39, 0.29) is 0 Å². The lowest BCUT2D eigenvalue weighted by Crippen LogP contribution is -2.29. The summed E-state index contributed by atoms with van der Waals surface area (Å²) in [6.45, 7) is 3.25. The van der Waals surface area contributed by atoms with E-state index in [0.717, 1.165) is 57.0 Å². The highest BCUT2D eigenvalue weighted by molar-refractivity contribution is 4.96. The molecule has 2 rings (SSSR count). The lowest BCUT2D eigenvalue weighted by atomic mass is 9.97. The summed E-state index contributed by atoms with van der Waals surface area (Å²) in [5.41, 5.74) is 0. The van der Waals surface area contributed by atoms with Gasteiger partial charge in [0.15, 0.2) is 5.82 Å². The summed E-state index contributed by atoms with van der Waals surface area (Å²) in [5, 5.41) is 7.18. The molecule has 1 aliphatic heterocycles. The zero-order valence-electron chi connectivity index (χ0n) is 10.8. The summed E-state index contributed by atoms with van der Waals surface area (Å²) >= 11 is 0. The summed E-state index contributed by atoms with van der Waals surface area (Å²) in [7, 11) is 4.12. The Kier molecular flexibility index (Phi) is 4.50. The molecule has 96 valence electrons. The van der Waals surface area contributed by atoms with Crippen molar-refractivity contribution in [2.24, 2.45) is 0 Å². The molecule has 0 radical (unpaired) electrons. The van der Waals surface area contributed by atoms with Crippen LogP contribution >= 0.6 is 0 Å². The highest BCUT2D eigenvalue weighted by Gasteiger charge is 2.23. The van der Waals surface area contributed by atoms with Gasteiger partial charge in [-0.1, -0.05) is 5.16 Å². The Morgan fingerprint density at radius 2 is 2.18 bits per heavy atom. The predicted molar refractivity (Wildman–Crippen MR) is 66.0 cm³/mol. The van der Waals surface area contributed by atoms with Crippen molar-refractivity contribution in [3.05, 3.63) is 11.7 Å². The van der Waals surface area contributed by atoms with E-state index >= 15 is 0 Å². The Morgan fingerprint density at radius 1 is 1.41 bits per heavy atom. The molecule has 1 N–H and O–H groups in total. The molecule has 1 saturated heterocycles. The molecule has 0 aliphatic carbocycles. The molecule has 1 aliphatic rings. The lowest BCUT2D eigenvalue weighted by Gasteiger charge is -2.26. The summed E-state index contributed by atoms with van der Waals surface area (Å²) in [4.78, 5) is 6.85. The van der Waals surface area contributed by atoms with Crippen molar-refractivity contribution in [3.63, 3.8) is 0 Å². The van der Waals surface area contributed by atoms with Gasteiger partial charge in [-0.25, -0.2) is 0 Å². The number of hydrogen-bond donors (Lipinski definition) is 1. The smallest absolute Gasteiger partial charge is 0.229 e. The number of likely N-dealkylation sites (tertiary alicyclic amines) is 1.